The molecule has 2 heterocycles. The summed E-state index contributed by atoms with van der Waals surface area (Å²) >= 11 is 0. The van der Waals surface area contributed by atoms with Crippen LogP contribution in [0, 0.1) is 5.92 Å². The van der Waals surface area contributed by atoms with E-state index < -0.39 is 17.7 Å². The van der Waals surface area contributed by atoms with E-state index in [0.717, 1.165) is 38.5 Å². The summed E-state index contributed by atoms with van der Waals surface area (Å²) in [4.78, 5) is 29.9. The number of aryl methyl sites for hydroxylation is 1. The number of pyridine rings is 1. The van der Waals surface area contributed by atoms with Crippen molar-refractivity contribution >= 4 is 17.8 Å². The Morgan fingerprint density at radius 1 is 1.16 bits per heavy atom. The number of carbonyl (C=O) groups excluding carboxylic acids is 2. The minimum absolute atomic E-state index is 0.0377. The van der Waals surface area contributed by atoms with Gasteiger partial charge in [0.1, 0.15) is 23.2 Å². The lowest BCUT2D eigenvalue weighted by Gasteiger charge is -2.28. The quantitative estimate of drug-likeness (QED) is 0.601. The van der Waals surface area contributed by atoms with Crippen molar-refractivity contribution in [3.63, 3.8) is 0 Å². The van der Waals surface area contributed by atoms with Gasteiger partial charge in [0, 0.05) is 18.8 Å². The molecule has 0 aromatic carbocycles. The lowest BCUT2D eigenvalue weighted by molar-refractivity contribution is -0.119. The Balaban J connectivity index is 1.74. The van der Waals surface area contributed by atoms with Crippen molar-refractivity contribution in [1.29, 1.82) is 0 Å². The number of anilines is 1. The minimum atomic E-state index is -0.703. The van der Waals surface area contributed by atoms with Gasteiger partial charge in [-0.15, -0.1) is 0 Å². The highest BCUT2D eigenvalue weighted by molar-refractivity contribution is 5.96. The van der Waals surface area contributed by atoms with Gasteiger partial charge >= 0.3 is 6.09 Å². The largest absolute Gasteiger partial charge is 0.504 e. The van der Waals surface area contributed by atoms with Crippen LogP contribution in [0.25, 0.3) is 11.3 Å². The second kappa shape index (κ2) is 10.0. The SMILES string of the molecule is Cn1ncc(O)c1-c1ccc(NC(=O)[C@@H](NC(=O)OC(C)(C)C)C2CCCCCC2)nc1. The number of aromatic nitrogens is 3. The number of hydrogen-bond donors (Lipinski definition) is 3. The normalized spacial score (nSPS) is 16.1. The standard InChI is InChI=1S/C23H33N5O4/c1-23(2,3)32-22(31)27-19(15-9-7-5-6-8-10-15)21(30)26-18-12-11-16(13-24-18)20-17(29)14-25-28(20)4/h11-15,19,29H,5-10H2,1-4H3,(H,27,31)(H,24,26,30)/t19-/m0/s1. The summed E-state index contributed by atoms with van der Waals surface area (Å²) in [5, 5.41) is 19.6. The highest BCUT2D eigenvalue weighted by atomic mass is 16.6. The fraction of sp³-hybridized carbons (Fsp3) is 0.565. The van der Waals surface area contributed by atoms with Crippen molar-refractivity contribution in [3.8, 4) is 17.0 Å². The molecule has 0 aliphatic heterocycles. The first kappa shape index (κ1) is 23.6. The van der Waals surface area contributed by atoms with Crippen LogP contribution in [0.4, 0.5) is 10.6 Å². The monoisotopic (exact) mass is 443 g/mol. The molecule has 1 fully saturated rings. The number of amides is 2. The van der Waals surface area contributed by atoms with Crippen molar-refractivity contribution in [2.45, 2.75) is 70.9 Å². The van der Waals surface area contributed by atoms with E-state index in [2.05, 4.69) is 20.7 Å². The van der Waals surface area contributed by atoms with Gasteiger partial charge in [0.05, 0.1) is 6.20 Å². The van der Waals surface area contributed by atoms with E-state index in [0.29, 0.717) is 17.1 Å². The average molecular weight is 444 g/mol. The highest BCUT2D eigenvalue weighted by Gasteiger charge is 2.32. The molecule has 32 heavy (non-hydrogen) atoms. The molecule has 1 aliphatic carbocycles. The van der Waals surface area contributed by atoms with Gasteiger partial charge in [-0.2, -0.15) is 5.10 Å². The van der Waals surface area contributed by atoms with E-state index >= 15 is 0 Å². The van der Waals surface area contributed by atoms with E-state index in [-0.39, 0.29) is 17.6 Å². The minimum Gasteiger partial charge on any atom is -0.504 e. The molecule has 0 bridgehead atoms. The number of ether oxygens (including phenoxy) is 1. The summed E-state index contributed by atoms with van der Waals surface area (Å²) in [6.07, 6.45) is 8.43. The maximum absolute atomic E-state index is 13.2. The lowest BCUT2D eigenvalue weighted by Crippen LogP contribution is -2.50. The molecule has 3 rings (SSSR count). The molecule has 2 aromatic heterocycles. The molecular weight excluding hydrogens is 410 g/mol. The molecule has 0 unspecified atom stereocenters. The number of alkyl carbamates (subject to hydrolysis) is 1. The van der Waals surface area contributed by atoms with Crippen LogP contribution in [-0.4, -0.2) is 43.5 Å². The maximum atomic E-state index is 13.2. The van der Waals surface area contributed by atoms with Gasteiger partial charge in [-0.3, -0.25) is 9.48 Å². The van der Waals surface area contributed by atoms with Crippen LogP contribution in [0.2, 0.25) is 0 Å². The van der Waals surface area contributed by atoms with E-state index in [1.807, 2.05) is 0 Å². The molecule has 0 saturated heterocycles. The predicted molar refractivity (Wildman–Crippen MR) is 121 cm³/mol. The summed E-state index contributed by atoms with van der Waals surface area (Å²) < 4.78 is 6.95. The van der Waals surface area contributed by atoms with Crippen LogP contribution in [-0.2, 0) is 16.6 Å². The molecule has 3 N–H and O–H groups in total. The average Bonchev–Trinajstić information content (AvgIpc) is 2.91. The molecular formula is C23H33N5O4. The summed E-state index contributed by atoms with van der Waals surface area (Å²) in [6.45, 7) is 5.37. The second-order valence-electron chi connectivity index (χ2n) is 9.30. The first-order valence-corrected chi connectivity index (χ1v) is 11.1. The molecule has 0 radical (unpaired) electrons. The molecule has 2 amide bonds. The van der Waals surface area contributed by atoms with Crippen LogP contribution in [0.3, 0.4) is 0 Å². The van der Waals surface area contributed by atoms with Gasteiger partial charge in [-0.25, -0.2) is 9.78 Å². The number of aromatic hydroxyl groups is 1. The first-order valence-electron chi connectivity index (χ1n) is 11.1. The Bertz CT molecular complexity index is 905. The smallest absolute Gasteiger partial charge is 0.408 e. The maximum Gasteiger partial charge on any atom is 0.408 e. The zero-order chi connectivity index (χ0) is 23.3. The van der Waals surface area contributed by atoms with E-state index in [1.165, 1.54) is 6.20 Å². The van der Waals surface area contributed by atoms with Crippen LogP contribution >= 0.6 is 0 Å². The number of rotatable bonds is 5. The van der Waals surface area contributed by atoms with Gasteiger partial charge in [0.2, 0.25) is 5.91 Å². The third-order valence-electron chi connectivity index (χ3n) is 5.53. The number of nitrogens with one attached hydrogen (secondary N) is 2. The zero-order valence-electron chi connectivity index (χ0n) is 19.2. The summed E-state index contributed by atoms with van der Waals surface area (Å²) in [7, 11) is 1.73. The fourth-order valence-electron chi connectivity index (χ4n) is 4.05. The first-order chi connectivity index (χ1) is 15.1. The van der Waals surface area contributed by atoms with Crippen molar-refractivity contribution in [3.05, 3.63) is 24.5 Å². The highest BCUT2D eigenvalue weighted by Crippen LogP contribution is 2.29. The molecule has 9 heteroatoms. The van der Waals surface area contributed by atoms with Crippen molar-refractivity contribution < 1.29 is 19.4 Å². The van der Waals surface area contributed by atoms with E-state index in [1.54, 1.807) is 50.8 Å². The third kappa shape index (κ3) is 6.21. The Hall–Kier alpha value is -3.10. The Kier molecular flexibility index (Phi) is 7.37. The van der Waals surface area contributed by atoms with E-state index in [9.17, 15) is 14.7 Å². The number of hydrogen-bond acceptors (Lipinski definition) is 6. The predicted octanol–water partition coefficient (Wildman–Crippen LogP) is 3.99. The van der Waals surface area contributed by atoms with Crippen LogP contribution < -0.4 is 10.6 Å². The summed E-state index contributed by atoms with van der Waals surface area (Å²) in [5.74, 6) is 0.146. The summed E-state index contributed by atoms with van der Waals surface area (Å²) in [5.41, 5.74) is 0.564. The van der Waals surface area contributed by atoms with Crippen LogP contribution in [0.5, 0.6) is 5.75 Å². The van der Waals surface area contributed by atoms with Crippen molar-refractivity contribution in [1.82, 2.24) is 20.1 Å². The number of nitrogens with zero attached hydrogens (tertiary/aromatic N) is 3. The van der Waals surface area contributed by atoms with Crippen LogP contribution in [0.15, 0.2) is 24.5 Å². The molecule has 174 valence electrons. The van der Waals surface area contributed by atoms with Crippen LogP contribution in [0.1, 0.15) is 59.3 Å². The topological polar surface area (TPSA) is 118 Å². The van der Waals surface area contributed by atoms with Gasteiger partial charge in [-0.1, -0.05) is 25.7 Å². The van der Waals surface area contributed by atoms with Gasteiger partial charge in [-0.05, 0) is 51.7 Å². The van der Waals surface area contributed by atoms with Gasteiger partial charge in [0.15, 0.2) is 5.75 Å². The Morgan fingerprint density at radius 3 is 2.38 bits per heavy atom. The van der Waals surface area contributed by atoms with E-state index in [4.69, 9.17) is 4.74 Å². The molecule has 1 atom stereocenters. The molecule has 1 saturated carbocycles. The molecule has 2 aromatic rings. The van der Waals surface area contributed by atoms with Crippen molar-refractivity contribution in [2.24, 2.45) is 13.0 Å². The third-order valence-corrected chi connectivity index (χ3v) is 5.53. The van der Waals surface area contributed by atoms with Gasteiger partial charge < -0.3 is 20.5 Å². The Morgan fingerprint density at radius 2 is 1.84 bits per heavy atom. The van der Waals surface area contributed by atoms with Gasteiger partial charge in [0.25, 0.3) is 0 Å². The molecule has 0 spiro atoms. The fourth-order valence-corrected chi connectivity index (χ4v) is 4.05. The summed E-state index contributed by atoms with van der Waals surface area (Å²) in [6, 6.07) is 2.71. The lowest BCUT2D eigenvalue weighted by atomic mass is 9.91. The zero-order valence-corrected chi connectivity index (χ0v) is 19.2. The molecule has 9 nitrogen and oxygen atoms in total. The number of carbonyl (C=O) groups is 2. The second-order valence-corrected chi connectivity index (χ2v) is 9.30. The molecule has 1 aliphatic rings. The van der Waals surface area contributed by atoms with Crippen molar-refractivity contribution in [2.75, 3.05) is 5.32 Å². The Labute approximate surface area is 188 Å².